The number of nitrogens with zero attached hydrogens (tertiary/aromatic N) is 2. The summed E-state index contributed by atoms with van der Waals surface area (Å²) in [5.41, 5.74) is 1.10. The number of pyridine rings is 1. The van der Waals surface area contributed by atoms with E-state index >= 15 is 0 Å². The van der Waals surface area contributed by atoms with Gasteiger partial charge in [0.15, 0.2) is 5.65 Å². The Hall–Kier alpha value is -2.11. The number of ether oxygens (including phenoxy) is 2. The lowest BCUT2D eigenvalue weighted by Gasteiger charge is -1.95. The fourth-order valence-corrected chi connectivity index (χ4v) is 1.29. The Balaban J connectivity index is 2.39. The summed E-state index contributed by atoms with van der Waals surface area (Å²) >= 11 is 0. The molecule has 2 heterocycles. The first-order valence-corrected chi connectivity index (χ1v) is 4.82. The number of rotatable bonds is 3. The normalized spacial score (nSPS) is 10.4. The van der Waals surface area contributed by atoms with E-state index in [2.05, 4.69) is 15.0 Å². The number of aromatic nitrogens is 3. The van der Waals surface area contributed by atoms with Gasteiger partial charge in [0.25, 0.3) is 0 Å². The van der Waals surface area contributed by atoms with Gasteiger partial charge in [0.1, 0.15) is 0 Å². The number of hydrogen-bond donors (Lipinski definition) is 1. The fraction of sp³-hybridized carbons (Fsp3) is 0.300. The molecule has 0 bridgehead atoms. The van der Waals surface area contributed by atoms with E-state index in [1.54, 1.807) is 19.1 Å². The monoisotopic (exact) mass is 221 g/mol. The van der Waals surface area contributed by atoms with Gasteiger partial charge in [-0.2, -0.15) is 4.98 Å². The SMILES string of the molecule is CCOC(=O)c1nc2nc(OC)ccc2[nH]1. The van der Waals surface area contributed by atoms with E-state index in [4.69, 9.17) is 9.47 Å². The van der Waals surface area contributed by atoms with Gasteiger partial charge < -0.3 is 14.5 Å². The molecule has 0 aliphatic rings. The van der Waals surface area contributed by atoms with Crippen molar-refractivity contribution in [2.75, 3.05) is 13.7 Å². The van der Waals surface area contributed by atoms with Crippen molar-refractivity contribution < 1.29 is 14.3 Å². The fourth-order valence-electron chi connectivity index (χ4n) is 1.29. The molecule has 0 fully saturated rings. The second-order valence-electron chi connectivity index (χ2n) is 3.03. The highest BCUT2D eigenvalue weighted by Gasteiger charge is 2.13. The van der Waals surface area contributed by atoms with Crippen LogP contribution < -0.4 is 4.74 Å². The summed E-state index contributed by atoms with van der Waals surface area (Å²) in [6, 6.07) is 3.44. The Bertz CT molecular complexity index is 521. The minimum absolute atomic E-state index is 0.151. The zero-order chi connectivity index (χ0) is 11.5. The van der Waals surface area contributed by atoms with E-state index in [1.807, 2.05) is 0 Å². The minimum Gasteiger partial charge on any atom is -0.481 e. The van der Waals surface area contributed by atoms with Crippen LogP contribution in [0.25, 0.3) is 11.2 Å². The topological polar surface area (TPSA) is 77.1 Å². The van der Waals surface area contributed by atoms with Gasteiger partial charge in [-0.1, -0.05) is 0 Å². The third-order valence-electron chi connectivity index (χ3n) is 2.00. The van der Waals surface area contributed by atoms with Crippen LogP contribution in [0.1, 0.15) is 17.5 Å². The summed E-state index contributed by atoms with van der Waals surface area (Å²) in [5, 5.41) is 0. The Morgan fingerprint density at radius 1 is 1.44 bits per heavy atom. The number of esters is 1. The Kier molecular flexibility index (Phi) is 2.72. The van der Waals surface area contributed by atoms with Crippen LogP contribution in [0.3, 0.4) is 0 Å². The highest BCUT2D eigenvalue weighted by atomic mass is 16.5. The quantitative estimate of drug-likeness (QED) is 0.786. The number of fused-ring (bicyclic) bond motifs is 1. The third kappa shape index (κ3) is 1.81. The number of hydrogen-bond acceptors (Lipinski definition) is 5. The summed E-state index contributed by atoms with van der Waals surface area (Å²) in [6.07, 6.45) is 0. The molecule has 0 amide bonds. The maximum atomic E-state index is 11.4. The van der Waals surface area contributed by atoms with Gasteiger partial charge in [-0.15, -0.1) is 0 Å². The summed E-state index contributed by atoms with van der Waals surface area (Å²) in [4.78, 5) is 22.3. The molecule has 0 saturated carbocycles. The summed E-state index contributed by atoms with van der Waals surface area (Å²) < 4.78 is 9.78. The average molecular weight is 221 g/mol. The maximum absolute atomic E-state index is 11.4. The van der Waals surface area contributed by atoms with Gasteiger partial charge in [-0.25, -0.2) is 9.78 Å². The third-order valence-corrected chi connectivity index (χ3v) is 2.00. The lowest BCUT2D eigenvalue weighted by molar-refractivity contribution is 0.0513. The van der Waals surface area contributed by atoms with Crippen molar-refractivity contribution in [2.45, 2.75) is 6.92 Å². The average Bonchev–Trinajstić information content (AvgIpc) is 2.71. The first kappa shape index (κ1) is 10.4. The first-order chi connectivity index (χ1) is 7.74. The molecule has 6 heteroatoms. The molecule has 2 rings (SSSR count). The molecule has 6 nitrogen and oxygen atoms in total. The first-order valence-electron chi connectivity index (χ1n) is 4.82. The molecule has 16 heavy (non-hydrogen) atoms. The van der Waals surface area contributed by atoms with Crippen LogP contribution in [0.5, 0.6) is 5.88 Å². The molecule has 0 unspecified atom stereocenters. The zero-order valence-corrected chi connectivity index (χ0v) is 8.98. The molecule has 0 atom stereocenters. The van der Waals surface area contributed by atoms with Crippen LogP contribution in [-0.2, 0) is 4.74 Å². The molecule has 2 aromatic heterocycles. The van der Waals surface area contributed by atoms with Crippen LogP contribution in [0, 0.1) is 0 Å². The largest absolute Gasteiger partial charge is 0.481 e. The molecule has 0 spiro atoms. The van der Waals surface area contributed by atoms with Gasteiger partial charge in [0, 0.05) is 6.07 Å². The summed E-state index contributed by atoms with van der Waals surface area (Å²) in [6.45, 7) is 2.05. The molecule has 0 aromatic carbocycles. The molecular weight excluding hydrogens is 210 g/mol. The molecule has 1 N–H and O–H groups in total. The molecule has 0 aliphatic heterocycles. The second-order valence-corrected chi connectivity index (χ2v) is 3.03. The van der Waals surface area contributed by atoms with Gasteiger partial charge in [0.05, 0.1) is 19.2 Å². The predicted octanol–water partition coefficient (Wildman–Crippen LogP) is 1.14. The predicted molar refractivity (Wildman–Crippen MR) is 56.4 cm³/mol. The van der Waals surface area contributed by atoms with Gasteiger partial charge in [-0.3, -0.25) is 0 Å². The highest BCUT2D eigenvalue weighted by Crippen LogP contribution is 2.14. The van der Waals surface area contributed by atoms with Crippen LogP contribution in [0.15, 0.2) is 12.1 Å². The van der Waals surface area contributed by atoms with E-state index in [9.17, 15) is 4.79 Å². The molecule has 2 aromatic rings. The van der Waals surface area contributed by atoms with Crippen molar-refractivity contribution in [1.29, 1.82) is 0 Å². The summed E-state index contributed by atoms with van der Waals surface area (Å²) in [5.74, 6) is 0.117. The number of imidazole rings is 1. The number of carbonyl (C=O) groups excluding carboxylic acids is 1. The number of nitrogens with one attached hydrogen (secondary N) is 1. The van der Waals surface area contributed by atoms with Crippen LogP contribution in [0.2, 0.25) is 0 Å². The van der Waals surface area contributed by atoms with Crippen LogP contribution in [0.4, 0.5) is 0 Å². The Morgan fingerprint density at radius 3 is 2.94 bits per heavy atom. The zero-order valence-electron chi connectivity index (χ0n) is 8.98. The van der Waals surface area contributed by atoms with Crippen molar-refractivity contribution in [3.05, 3.63) is 18.0 Å². The van der Waals surface area contributed by atoms with Gasteiger partial charge >= 0.3 is 5.97 Å². The molecule has 84 valence electrons. The highest BCUT2D eigenvalue weighted by molar-refractivity contribution is 5.89. The Labute approximate surface area is 91.6 Å². The van der Waals surface area contributed by atoms with E-state index in [0.717, 1.165) is 0 Å². The smallest absolute Gasteiger partial charge is 0.374 e. The van der Waals surface area contributed by atoms with Crippen molar-refractivity contribution in [3.8, 4) is 5.88 Å². The summed E-state index contributed by atoms with van der Waals surface area (Å²) in [7, 11) is 1.52. The molecule has 0 aliphatic carbocycles. The van der Waals surface area contributed by atoms with E-state index in [-0.39, 0.29) is 5.82 Å². The molecule has 0 radical (unpaired) electrons. The van der Waals surface area contributed by atoms with E-state index in [0.29, 0.717) is 23.7 Å². The maximum Gasteiger partial charge on any atom is 0.374 e. The lowest BCUT2D eigenvalue weighted by atomic mass is 10.4. The van der Waals surface area contributed by atoms with Gasteiger partial charge in [-0.05, 0) is 13.0 Å². The van der Waals surface area contributed by atoms with Crippen molar-refractivity contribution >= 4 is 17.1 Å². The minimum atomic E-state index is -0.487. The van der Waals surface area contributed by atoms with Crippen molar-refractivity contribution in [1.82, 2.24) is 15.0 Å². The van der Waals surface area contributed by atoms with E-state index < -0.39 is 5.97 Å². The lowest BCUT2D eigenvalue weighted by Crippen LogP contribution is -2.06. The standard InChI is InChI=1S/C10H11N3O3/c1-3-16-10(14)9-11-6-4-5-7(15-2)12-8(6)13-9/h4-5H,3H2,1-2H3,(H,11,12,13). The number of aromatic amines is 1. The van der Waals surface area contributed by atoms with Crippen LogP contribution in [-0.4, -0.2) is 34.6 Å². The second kappa shape index (κ2) is 4.18. The van der Waals surface area contributed by atoms with Crippen LogP contribution >= 0.6 is 0 Å². The van der Waals surface area contributed by atoms with E-state index in [1.165, 1.54) is 7.11 Å². The number of H-pyrrole nitrogens is 1. The van der Waals surface area contributed by atoms with Crippen molar-refractivity contribution in [2.24, 2.45) is 0 Å². The Morgan fingerprint density at radius 2 is 2.25 bits per heavy atom. The molecular formula is C10H11N3O3. The van der Waals surface area contributed by atoms with Gasteiger partial charge in [0.2, 0.25) is 11.7 Å². The molecule has 0 saturated heterocycles. The number of carbonyl (C=O) groups is 1. The van der Waals surface area contributed by atoms with Crippen molar-refractivity contribution in [3.63, 3.8) is 0 Å². The number of methoxy groups -OCH3 is 1.